The zero-order valence-electron chi connectivity index (χ0n) is 9.51. The Kier molecular flexibility index (Phi) is 2.55. The number of hydrogen-bond acceptors (Lipinski definition) is 4. The molecule has 0 fully saturated rings. The number of aromatic nitrogens is 5. The van der Waals surface area contributed by atoms with Gasteiger partial charge in [-0.1, -0.05) is 0 Å². The lowest BCUT2D eigenvalue weighted by Gasteiger charge is -2.03. The van der Waals surface area contributed by atoms with Gasteiger partial charge in [0.25, 0.3) is 0 Å². The lowest BCUT2D eigenvalue weighted by molar-refractivity contribution is 0.112. The number of aldehydes is 1. The lowest BCUT2D eigenvalue weighted by Crippen LogP contribution is -2.09. The summed E-state index contributed by atoms with van der Waals surface area (Å²) in [5.74, 6) is 0.808. The molecule has 6 heteroatoms. The Labute approximate surface area is 92.9 Å². The molecule has 0 N–H and O–H groups in total. The van der Waals surface area contributed by atoms with Crippen molar-refractivity contribution in [3.63, 3.8) is 0 Å². The highest BCUT2D eigenvalue weighted by Gasteiger charge is 2.12. The van der Waals surface area contributed by atoms with Crippen molar-refractivity contribution in [3.05, 3.63) is 29.1 Å². The number of hydrogen-bond donors (Lipinski definition) is 0. The van der Waals surface area contributed by atoms with Gasteiger partial charge in [-0.05, 0) is 13.8 Å². The molecule has 6 nitrogen and oxygen atoms in total. The molecule has 0 saturated heterocycles. The van der Waals surface area contributed by atoms with Crippen LogP contribution in [0.2, 0.25) is 0 Å². The second-order valence-electron chi connectivity index (χ2n) is 3.66. The predicted octanol–water partition coefficient (Wildman–Crippen LogP) is 0.489. The minimum absolute atomic E-state index is 0.525. The molecule has 2 aromatic heterocycles. The first-order valence-corrected chi connectivity index (χ1v) is 4.95. The molecule has 0 aliphatic heterocycles. The van der Waals surface area contributed by atoms with Crippen LogP contribution in [-0.2, 0) is 13.6 Å². The van der Waals surface area contributed by atoms with Crippen molar-refractivity contribution in [3.8, 4) is 0 Å². The van der Waals surface area contributed by atoms with Crippen LogP contribution in [0, 0.1) is 13.8 Å². The first kappa shape index (κ1) is 10.5. The van der Waals surface area contributed by atoms with Crippen LogP contribution in [0.25, 0.3) is 0 Å². The van der Waals surface area contributed by atoms with E-state index in [-0.39, 0.29) is 0 Å². The fourth-order valence-electron chi connectivity index (χ4n) is 1.63. The summed E-state index contributed by atoms with van der Waals surface area (Å²) >= 11 is 0. The molecule has 0 atom stereocenters. The summed E-state index contributed by atoms with van der Waals surface area (Å²) in [6.45, 7) is 4.22. The minimum Gasteiger partial charge on any atom is -0.298 e. The van der Waals surface area contributed by atoms with Crippen LogP contribution in [0.3, 0.4) is 0 Å². The van der Waals surface area contributed by atoms with Crippen LogP contribution in [0.4, 0.5) is 0 Å². The summed E-state index contributed by atoms with van der Waals surface area (Å²) in [7, 11) is 1.83. The standard InChI is InChI=1S/C10H13N5O/c1-7-9(5-16)8(2)15(13-7)4-10-11-6-12-14(10)3/h5-6H,4H2,1-3H3. The number of nitrogens with zero attached hydrogens (tertiary/aromatic N) is 5. The van der Waals surface area contributed by atoms with E-state index in [9.17, 15) is 4.79 Å². The molecule has 0 radical (unpaired) electrons. The van der Waals surface area contributed by atoms with Gasteiger partial charge in [0, 0.05) is 12.7 Å². The molecule has 0 amide bonds. The summed E-state index contributed by atoms with van der Waals surface area (Å²) in [4.78, 5) is 15.0. The summed E-state index contributed by atoms with van der Waals surface area (Å²) in [5, 5.41) is 8.29. The normalized spacial score (nSPS) is 10.7. The number of rotatable bonds is 3. The average molecular weight is 219 g/mol. The van der Waals surface area contributed by atoms with E-state index >= 15 is 0 Å². The van der Waals surface area contributed by atoms with Gasteiger partial charge in [-0.25, -0.2) is 4.98 Å². The van der Waals surface area contributed by atoms with E-state index in [4.69, 9.17) is 0 Å². The maximum Gasteiger partial charge on any atom is 0.153 e. The molecule has 0 aliphatic rings. The third-order valence-corrected chi connectivity index (χ3v) is 2.65. The second kappa shape index (κ2) is 3.88. The molecule has 0 unspecified atom stereocenters. The van der Waals surface area contributed by atoms with Gasteiger partial charge in [-0.15, -0.1) is 0 Å². The molecule has 0 bridgehead atoms. The average Bonchev–Trinajstić information content (AvgIpc) is 2.74. The molecule has 0 aliphatic carbocycles. The number of carbonyl (C=O) groups is 1. The summed E-state index contributed by atoms with van der Waals surface area (Å²) in [5.41, 5.74) is 2.26. The zero-order valence-corrected chi connectivity index (χ0v) is 9.51. The van der Waals surface area contributed by atoms with Crippen LogP contribution in [0.1, 0.15) is 27.6 Å². The van der Waals surface area contributed by atoms with Gasteiger partial charge in [0.2, 0.25) is 0 Å². The fraction of sp³-hybridized carbons (Fsp3) is 0.400. The van der Waals surface area contributed by atoms with E-state index in [1.54, 1.807) is 9.36 Å². The Morgan fingerprint density at radius 3 is 2.69 bits per heavy atom. The quantitative estimate of drug-likeness (QED) is 0.705. The Bertz CT molecular complexity index is 525. The van der Waals surface area contributed by atoms with Gasteiger partial charge in [0.1, 0.15) is 18.7 Å². The van der Waals surface area contributed by atoms with Crippen molar-refractivity contribution < 1.29 is 4.79 Å². The first-order valence-electron chi connectivity index (χ1n) is 4.95. The van der Waals surface area contributed by atoms with Gasteiger partial charge in [0.05, 0.1) is 11.3 Å². The molecular formula is C10H13N5O. The largest absolute Gasteiger partial charge is 0.298 e. The molecule has 0 spiro atoms. The molecule has 2 rings (SSSR count). The molecule has 0 saturated carbocycles. The highest BCUT2D eigenvalue weighted by Crippen LogP contribution is 2.11. The van der Waals surface area contributed by atoms with Crippen molar-refractivity contribution in [2.75, 3.05) is 0 Å². The van der Waals surface area contributed by atoms with E-state index in [1.165, 1.54) is 6.33 Å². The van der Waals surface area contributed by atoms with E-state index in [1.807, 2.05) is 20.9 Å². The Morgan fingerprint density at radius 2 is 2.19 bits per heavy atom. The topological polar surface area (TPSA) is 65.6 Å². The SMILES string of the molecule is Cc1nn(Cc2ncnn2C)c(C)c1C=O. The molecule has 84 valence electrons. The molecule has 16 heavy (non-hydrogen) atoms. The van der Waals surface area contributed by atoms with Crippen molar-refractivity contribution in [2.45, 2.75) is 20.4 Å². The van der Waals surface area contributed by atoms with Crippen LogP contribution in [0.15, 0.2) is 6.33 Å². The van der Waals surface area contributed by atoms with Gasteiger partial charge in [-0.3, -0.25) is 14.2 Å². The fourth-order valence-corrected chi connectivity index (χ4v) is 1.63. The third kappa shape index (κ3) is 1.62. The Balaban J connectivity index is 2.36. The lowest BCUT2D eigenvalue weighted by atomic mass is 10.2. The van der Waals surface area contributed by atoms with Gasteiger partial charge in [0.15, 0.2) is 6.29 Å². The van der Waals surface area contributed by atoms with Gasteiger partial charge >= 0.3 is 0 Å². The van der Waals surface area contributed by atoms with Crippen molar-refractivity contribution >= 4 is 6.29 Å². The highest BCUT2D eigenvalue weighted by atomic mass is 16.1. The third-order valence-electron chi connectivity index (χ3n) is 2.65. The summed E-state index contributed by atoms with van der Waals surface area (Å²) in [6.07, 6.45) is 2.34. The van der Waals surface area contributed by atoms with Crippen molar-refractivity contribution in [2.24, 2.45) is 7.05 Å². The van der Waals surface area contributed by atoms with Gasteiger partial charge < -0.3 is 0 Å². The summed E-state index contributed by atoms with van der Waals surface area (Å²) in [6, 6.07) is 0. The van der Waals surface area contributed by atoms with Gasteiger partial charge in [-0.2, -0.15) is 10.2 Å². The predicted molar refractivity (Wildman–Crippen MR) is 57.2 cm³/mol. The van der Waals surface area contributed by atoms with Crippen LogP contribution in [-0.4, -0.2) is 30.8 Å². The second-order valence-corrected chi connectivity index (χ2v) is 3.66. The van der Waals surface area contributed by atoms with Crippen LogP contribution >= 0.6 is 0 Å². The highest BCUT2D eigenvalue weighted by molar-refractivity contribution is 5.78. The number of aryl methyl sites for hydroxylation is 2. The van der Waals surface area contributed by atoms with E-state index in [2.05, 4.69) is 15.2 Å². The number of carbonyl (C=O) groups excluding carboxylic acids is 1. The molecule has 2 aromatic rings. The van der Waals surface area contributed by atoms with E-state index in [0.717, 1.165) is 23.5 Å². The molecule has 0 aromatic carbocycles. The van der Waals surface area contributed by atoms with Crippen LogP contribution < -0.4 is 0 Å². The first-order chi connectivity index (χ1) is 7.63. The van der Waals surface area contributed by atoms with Crippen molar-refractivity contribution in [1.29, 1.82) is 0 Å². The zero-order chi connectivity index (χ0) is 11.7. The van der Waals surface area contributed by atoms with Crippen LogP contribution in [0.5, 0.6) is 0 Å². The van der Waals surface area contributed by atoms with Crippen molar-refractivity contribution in [1.82, 2.24) is 24.5 Å². The minimum atomic E-state index is 0.525. The van der Waals surface area contributed by atoms with E-state index in [0.29, 0.717) is 12.1 Å². The molecular weight excluding hydrogens is 206 g/mol. The summed E-state index contributed by atoms with van der Waals surface area (Å²) < 4.78 is 3.46. The Hall–Kier alpha value is -1.98. The maximum absolute atomic E-state index is 10.8. The molecule has 2 heterocycles. The Morgan fingerprint density at radius 1 is 1.44 bits per heavy atom. The van der Waals surface area contributed by atoms with E-state index < -0.39 is 0 Å². The monoisotopic (exact) mass is 219 g/mol. The maximum atomic E-state index is 10.8. The smallest absolute Gasteiger partial charge is 0.153 e.